The summed E-state index contributed by atoms with van der Waals surface area (Å²) >= 11 is 0. The summed E-state index contributed by atoms with van der Waals surface area (Å²) in [5.74, 6) is 0. The van der Waals surface area contributed by atoms with E-state index in [0.717, 1.165) is 16.7 Å². The minimum atomic E-state index is -0.512. The van der Waals surface area contributed by atoms with Crippen LogP contribution in [0.1, 0.15) is 11.1 Å². The molecular formula is C18H15N5O2. The number of nitro benzene ring substituents is 1. The third-order valence-corrected chi connectivity index (χ3v) is 3.78. The van der Waals surface area contributed by atoms with Crippen molar-refractivity contribution >= 4 is 11.4 Å². The highest BCUT2D eigenvalue weighted by Gasteiger charge is 2.10. The maximum absolute atomic E-state index is 10.8. The molecule has 7 nitrogen and oxygen atoms in total. The third kappa shape index (κ3) is 3.64. The minimum Gasteiger partial charge on any atom is -0.380 e. The van der Waals surface area contributed by atoms with E-state index in [9.17, 15) is 15.4 Å². The molecule has 3 aromatic rings. The number of aryl methyl sites for hydroxylation is 1. The van der Waals surface area contributed by atoms with E-state index in [2.05, 4.69) is 10.4 Å². The summed E-state index contributed by atoms with van der Waals surface area (Å²) in [5, 5.41) is 27.3. The molecule has 0 unspecified atom stereocenters. The molecule has 1 heterocycles. The van der Waals surface area contributed by atoms with Crippen molar-refractivity contribution in [2.24, 2.45) is 7.05 Å². The van der Waals surface area contributed by atoms with Gasteiger partial charge in [-0.05, 0) is 23.3 Å². The molecular weight excluding hydrogens is 318 g/mol. The number of non-ortho nitro benzene ring substituents is 1. The Bertz CT molecular complexity index is 972. The number of nitro groups is 1. The van der Waals surface area contributed by atoms with Crippen LogP contribution in [0.2, 0.25) is 0 Å². The Morgan fingerprint density at radius 2 is 2.12 bits per heavy atom. The van der Waals surface area contributed by atoms with Crippen LogP contribution < -0.4 is 5.32 Å². The standard InChI is InChI=1S/C18H15N5O2/c1-22-12-16(11-21-22)14-4-2-3-13(7-14)10-20-18-6-5-17(23(24)25)8-15(18)9-19/h2-8,11-12,20H,10H2,1H3. The number of aromatic nitrogens is 2. The lowest BCUT2D eigenvalue weighted by Crippen LogP contribution is -2.02. The molecule has 124 valence electrons. The first-order valence-corrected chi connectivity index (χ1v) is 7.57. The molecule has 0 aliphatic carbocycles. The molecule has 0 spiro atoms. The SMILES string of the molecule is Cn1cc(-c2cccc(CNc3ccc([N+](=O)[O-])cc3C#N)c2)cn1. The van der Waals surface area contributed by atoms with E-state index in [0.29, 0.717) is 12.2 Å². The number of nitrogens with zero attached hydrogens (tertiary/aromatic N) is 4. The molecule has 0 saturated carbocycles. The van der Waals surface area contributed by atoms with Crippen molar-refractivity contribution in [2.45, 2.75) is 6.54 Å². The fraction of sp³-hybridized carbons (Fsp3) is 0.111. The molecule has 0 amide bonds. The van der Waals surface area contributed by atoms with Crippen molar-refractivity contribution in [3.63, 3.8) is 0 Å². The average Bonchev–Trinajstić information content (AvgIpc) is 3.06. The van der Waals surface area contributed by atoms with Crippen LogP contribution in [-0.4, -0.2) is 14.7 Å². The minimum absolute atomic E-state index is 0.0966. The Morgan fingerprint density at radius 1 is 1.28 bits per heavy atom. The Balaban J connectivity index is 1.78. The van der Waals surface area contributed by atoms with Gasteiger partial charge < -0.3 is 5.32 Å². The molecule has 1 N–H and O–H groups in total. The largest absolute Gasteiger partial charge is 0.380 e. The smallest absolute Gasteiger partial charge is 0.270 e. The lowest BCUT2D eigenvalue weighted by atomic mass is 10.1. The van der Waals surface area contributed by atoms with E-state index in [4.69, 9.17) is 0 Å². The van der Waals surface area contributed by atoms with Gasteiger partial charge in [-0.15, -0.1) is 0 Å². The number of hydrogen-bond donors (Lipinski definition) is 1. The Kier molecular flexibility index (Phi) is 4.44. The molecule has 2 aromatic carbocycles. The predicted octanol–water partition coefficient (Wildman–Crippen LogP) is 3.48. The Hall–Kier alpha value is -3.66. The van der Waals surface area contributed by atoms with Gasteiger partial charge in [0.05, 0.1) is 22.4 Å². The highest BCUT2D eigenvalue weighted by atomic mass is 16.6. The van der Waals surface area contributed by atoms with Crippen molar-refractivity contribution in [1.29, 1.82) is 5.26 Å². The Morgan fingerprint density at radius 3 is 2.80 bits per heavy atom. The summed E-state index contributed by atoms with van der Waals surface area (Å²) < 4.78 is 1.75. The van der Waals surface area contributed by atoms with Crippen molar-refractivity contribution in [1.82, 2.24) is 9.78 Å². The fourth-order valence-electron chi connectivity index (χ4n) is 2.52. The monoisotopic (exact) mass is 333 g/mol. The zero-order chi connectivity index (χ0) is 17.8. The van der Waals surface area contributed by atoms with Gasteiger partial charge in [-0.2, -0.15) is 10.4 Å². The van der Waals surface area contributed by atoms with Crippen LogP contribution in [-0.2, 0) is 13.6 Å². The number of anilines is 1. The van der Waals surface area contributed by atoms with Gasteiger partial charge in [0, 0.05) is 37.5 Å². The summed E-state index contributed by atoms with van der Waals surface area (Å²) in [7, 11) is 1.87. The van der Waals surface area contributed by atoms with E-state index in [1.54, 1.807) is 16.9 Å². The van der Waals surface area contributed by atoms with Gasteiger partial charge in [0.15, 0.2) is 0 Å². The lowest BCUT2D eigenvalue weighted by molar-refractivity contribution is -0.384. The molecule has 0 aliphatic heterocycles. The Labute approximate surface area is 144 Å². The van der Waals surface area contributed by atoms with E-state index >= 15 is 0 Å². The van der Waals surface area contributed by atoms with E-state index in [-0.39, 0.29) is 11.3 Å². The zero-order valence-corrected chi connectivity index (χ0v) is 13.5. The number of hydrogen-bond acceptors (Lipinski definition) is 5. The van der Waals surface area contributed by atoms with Crippen molar-refractivity contribution in [2.75, 3.05) is 5.32 Å². The summed E-state index contributed by atoms with van der Waals surface area (Å²) in [6.45, 7) is 0.501. The van der Waals surface area contributed by atoms with Gasteiger partial charge >= 0.3 is 0 Å². The number of benzene rings is 2. The average molecular weight is 333 g/mol. The second-order valence-electron chi connectivity index (χ2n) is 5.56. The van der Waals surface area contributed by atoms with Crippen molar-refractivity contribution < 1.29 is 4.92 Å². The van der Waals surface area contributed by atoms with Gasteiger partial charge in [0.2, 0.25) is 0 Å². The number of nitriles is 1. The van der Waals surface area contributed by atoms with E-state index in [1.807, 2.05) is 43.6 Å². The van der Waals surface area contributed by atoms with Crippen LogP contribution in [0.5, 0.6) is 0 Å². The number of rotatable bonds is 5. The highest BCUT2D eigenvalue weighted by Crippen LogP contribution is 2.23. The van der Waals surface area contributed by atoms with Gasteiger partial charge in [-0.1, -0.05) is 18.2 Å². The van der Waals surface area contributed by atoms with E-state index < -0.39 is 4.92 Å². The molecule has 0 aliphatic rings. The molecule has 0 atom stereocenters. The molecule has 7 heteroatoms. The van der Waals surface area contributed by atoms with Crippen LogP contribution in [0.15, 0.2) is 54.9 Å². The maximum Gasteiger partial charge on any atom is 0.270 e. The molecule has 3 rings (SSSR count). The van der Waals surface area contributed by atoms with Gasteiger partial charge in [0.1, 0.15) is 6.07 Å². The summed E-state index contributed by atoms with van der Waals surface area (Å²) in [6, 6.07) is 14.2. The zero-order valence-electron chi connectivity index (χ0n) is 13.5. The molecule has 1 aromatic heterocycles. The normalized spacial score (nSPS) is 10.2. The topological polar surface area (TPSA) is 96.8 Å². The van der Waals surface area contributed by atoms with Gasteiger partial charge in [-0.25, -0.2) is 0 Å². The quantitative estimate of drug-likeness (QED) is 0.569. The van der Waals surface area contributed by atoms with Crippen LogP contribution in [0.4, 0.5) is 11.4 Å². The van der Waals surface area contributed by atoms with Crippen molar-refractivity contribution in [3.8, 4) is 17.2 Å². The highest BCUT2D eigenvalue weighted by molar-refractivity contribution is 5.64. The maximum atomic E-state index is 10.8. The fourth-order valence-corrected chi connectivity index (χ4v) is 2.52. The summed E-state index contributed by atoms with van der Waals surface area (Å²) in [5.41, 5.74) is 3.83. The number of nitrogens with one attached hydrogen (secondary N) is 1. The predicted molar refractivity (Wildman–Crippen MR) is 93.8 cm³/mol. The third-order valence-electron chi connectivity index (χ3n) is 3.78. The molecule has 0 bridgehead atoms. The first-order chi connectivity index (χ1) is 12.1. The van der Waals surface area contributed by atoms with Crippen LogP contribution >= 0.6 is 0 Å². The second-order valence-corrected chi connectivity index (χ2v) is 5.56. The molecule has 0 saturated heterocycles. The van der Waals surface area contributed by atoms with Crippen LogP contribution in [0.3, 0.4) is 0 Å². The molecule has 0 fully saturated rings. The van der Waals surface area contributed by atoms with Crippen LogP contribution in [0.25, 0.3) is 11.1 Å². The first kappa shape index (κ1) is 16.2. The van der Waals surface area contributed by atoms with E-state index in [1.165, 1.54) is 12.1 Å². The second kappa shape index (κ2) is 6.84. The van der Waals surface area contributed by atoms with Gasteiger partial charge in [0.25, 0.3) is 5.69 Å². The lowest BCUT2D eigenvalue weighted by Gasteiger charge is -2.09. The van der Waals surface area contributed by atoms with Gasteiger partial charge in [-0.3, -0.25) is 14.8 Å². The summed E-state index contributed by atoms with van der Waals surface area (Å²) in [4.78, 5) is 10.3. The van der Waals surface area contributed by atoms with Crippen molar-refractivity contribution in [3.05, 3.63) is 76.1 Å². The van der Waals surface area contributed by atoms with Crippen LogP contribution in [0, 0.1) is 21.4 Å². The summed E-state index contributed by atoms with van der Waals surface area (Å²) in [6.07, 6.45) is 3.74. The molecule has 25 heavy (non-hydrogen) atoms. The molecule has 0 radical (unpaired) electrons. The first-order valence-electron chi connectivity index (χ1n) is 7.57.